The summed E-state index contributed by atoms with van der Waals surface area (Å²) in [7, 11) is 0. The highest BCUT2D eigenvalue weighted by atomic mass is 16.3. The normalized spacial score (nSPS) is 24.5. The lowest BCUT2D eigenvalue weighted by Crippen LogP contribution is -2.39. The first-order valence-electron chi connectivity index (χ1n) is 9.01. The van der Waals surface area contributed by atoms with Gasteiger partial charge in [-0.25, -0.2) is 9.97 Å². The SMILES string of the molecule is O=C(c1cnc2c(c1)ncn2Cc1ccccc1)N1C[C@@H]2C[C@H](O)[C@@H]2C1. The van der Waals surface area contributed by atoms with Crippen LogP contribution in [0.1, 0.15) is 22.3 Å². The quantitative estimate of drug-likeness (QED) is 0.785. The molecule has 1 aromatic carbocycles. The molecular weight excluding hydrogens is 328 g/mol. The molecule has 2 fully saturated rings. The van der Waals surface area contributed by atoms with Crippen molar-refractivity contribution in [3.63, 3.8) is 0 Å². The van der Waals surface area contributed by atoms with Crippen LogP contribution in [0.5, 0.6) is 0 Å². The molecule has 0 unspecified atom stereocenters. The fourth-order valence-electron chi connectivity index (χ4n) is 4.18. The lowest BCUT2D eigenvalue weighted by molar-refractivity contribution is -0.00427. The highest BCUT2D eigenvalue weighted by Crippen LogP contribution is 2.41. The van der Waals surface area contributed by atoms with E-state index in [1.54, 1.807) is 12.5 Å². The molecule has 1 N–H and O–H groups in total. The molecule has 26 heavy (non-hydrogen) atoms. The van der Waals surface area contributed by atoms with Gasteiger partial charge in [-0.05, 0) is 24.0 Å². The minimum absolute atomic E-state index is 0.0152. The van der Waals surface area contributed by atoms with Crippen LogP contribution in [0.15, 0.2) is 48.9 Å². The maximum Gasteiger partial charge on any atom is 0.255 e. The van der Waals surface area contributed by atoms with Gasteiger partial charge in [0.2, 0.25) is 0 Å². The predicted octanol–water partition coefficient (Wildman–Crippen LogP) is 1.93. The molecule has 0 radical (unpaired) electrons. The van der Waals surface area contributed by atoms with Gasteiger partial charge >= 0.3 is 0 Å². The number of amides is 1. The largest absolute Gasteiger partial charge is 0.393 e. The summed E-state index contributed by atoms with van der Waals surface area (Å²) >= 11 is 0. The fourth-order valence-corrected chi connectivity index (χ4v) is 4.18. The van der Waals surface area contributed by atoms with Gasteiger partial charge in [0.1, 0.15) is 5.52 Å². The molecular formula is C20H20N4O2. The summed E-state index contributed by atoms with van der Waals surface area (Å²) < 4.78 is 1.99. The van der Waals surface area contributed by atoms with Gasteiger partial charge in [-0.2, -0.15) is 0 Å². The van der Waals surface area contributed by atoms with Crippen LogP contribution in [-0.4, -0.2) is 49.6 Å². The average Bonchev–Trinajstić information content (AvgIpc) is 3.22. The minimum atomic E-state index is -0.243. The van der Waals surface area contributed by atoms with Gasteiger partial charge in [0.25, 0.3) is 5.91 Å². The number of carbonyl (C=O) groups is 1. The van der Waals surface area contributed by atoms with E-state index >= 15 is 0 Å². The van der Waals surface area contributed by atoms with Crippen molar-refractivity contribution in [2.75, 3.05) is 13.1 Å². The maximum absolute atomic E-state index is 12.8. The Balaban J connectivity index is 1.38. The third kappa shape index (κ3) is 2.49. The van der Waals surface area contributed by atoms with Gasteiger partial charge in [-0.1, -0.05) is 30.3 Å². The molecule has 5 rings (SSSR count). The first-order chi connectivity index (χ1) is 12.7. The first kappa shape index (κ1) is 15.5. The van der Waals surface area contributed by atoms with Crippen molar-refractivity contribution < 1.29 is 9.90 Å². The van der Waals surface area contributed by atoms with Crippen LogP contribution >= 0.6 is 0 Å². The van der Waals surface area contributed by atoms with Crippen molar-refractivity contribution in [2.24, 2.45) is 11.8 Å². The van der Waals surface area contributed by atoms with Crippen molar-refractivity contribution in [3.8, 4) is 0 Å². The van der Waals surface area contributed by atoms with Crippen LogP contribution in [0.4, 0.5) is 0 Å². The Morgan fingerprint density at radius 2 is 2.04 bits per heavy atom. The Kier molecular flexibility index (Phi) is 3.53. The number of rotatable bonds is 3. The second-order valence-electron chi connectivity index (χ2n) is 7.36. The highest BCUT2D eigenvalue weighted by Gasteiger charge is 2.47. The summed E-state index contributed by atoms with van der Waals surface area (Å²) in [4.78, 5) is 23.6. The Labute approximate surface area is 151 Å². The van der Waals surface area contributed by atoms with Gasteiger partial charge in [0.05, 0.1) is 24.5 Å². The molecule has 1 saturated carbocycles. The van der Waals surface area contributed by atoms with Crippen LogP contribution in [0, 0.1) is 11.8 Å². The lowest BCUT2D eigenvalue weighted by atomic mass is 9.74. The second-order valence-corrected chi connectivity index (χ2v) is 7.36. The topological polar surface area (TPSA) is 71.2 Å². The molecule has 1 aliphatic heterocycles. The Bertz CT molecular complexity index is 968. The molecule has 3 aromatic rings. The summed E-state index contributed by atoms with van der Waals surface area (Å²) in [5.41, 5.74) is 3.26. The number of hydrogen-bond donors (Lipinski definition) is 1. The van der Waals surface area contributed by atoms with Crippen LogP contribution in [0.25, 0.3) is 11.2 Å². The van der Waals surface area contributed by atoms with Gasteiger partial charge in [0, 0.05) is 25.2 Å². The second kappa shape index (κ2) is 5.92. The van der Waals surface area contributed by atoms with Gasteiger partial charge in [-0.3, -0.25) is 4.79 Å². The standard InChI is InChI=1S/C20H20N4O2/c25-18-7-15-10-23(11-16(15)18)20(26)14-6-17-19(21-8-14)24(12-22-17)9-13-4-2-1-3-5-13/h1-6,8,12,15-16,18,25H,7,9-11H2/t15-,16+,18-/m0/s1. The molecule has 0 bridgehead atoms. The number of aliphatic hydroxyl groups is 1. The zero-order valence-electron chi connectivity index (χ0n) is 14.3. The zero-order valence-corrected chi connectivity index (χ0v) is 14.3. The third-order valence-corrected chi connectivity index (χ3v) is 5.72. The van der Waals surface area contributed by atoms with E-state index in [4.69, 9.17) is 0 Å². The molecule has 3 heterocycles. The lowest BCUT2D eigenvalue weighted by Gasteiger charge is -2.34. The van der Waals surface area contributed by atoms with E-state index in [1.807, 2.05) is 33.7 Å². The summed E-state index contributed by atoms with van der Waals surface area (Å²) in [6.07, 6.45) is 3.98. The van der Waals surface area contributed by atoms with Crippen molar-refractivity contribution >= 4 is 17.1 Å². The number of hydrogen-bond acceptors (Lipinski definition) is 4. The smallest absolute Gasteiger partial charge is 0.255 e. The van der Waals surface area contributed by atoms with E-state index in [9.17, 15) is 9.90 Å². The molecule has 2 aliphatic rings. The molecule has 132 valence electrons. The van der Waals surface area contributed by atoms with Gasteiger partial charge in [-0.15, -0.1) is 0 Å². The summed E-state index contributed by atoms with van der Waals surface area (Å²) in [6.45, 7) is 2.08. The van der Waals surface area contributed by atoms with E-state index in [-0.39, 0.29) is 17.9 Å². The van der Waals surface area contributed by atoms with E-state index in [2.05, 4.69) is 22.1 Å². The van der Waals surface area contributed by atoms with E-state index in [1.165, 1.54) is 5.56 Å². The van der Waals surface area contributed by atoms with Gasteiger partial charge < -0.3 is 14.6 Å². The summed E-state index contributed by atoms with van der Waals surface area (Å²) in [5, 5.41) is 9.79. The van der Waals surface area contributed by atoms with E-state index < -0.39 is 0 Å². The molecule has 0 spiro atoms. The molecule has 1 amide bonds. The van der Waals surface area contributed by atoms with Crippen molar-refractivity contribution in [1.82, 2.24) is 19.4 Å². The number of imidazole rings is 1. The van der Waals surface area contributed by atoms with Crippen LogP contribution in [-0.2, 0) is 6.54 Å². The number of fused-ring (bicyclic) bond motifs is 2. The van der Waals surface area contributed by atoms with Crippen LogP contribution in [0.3, 0.4) is 0 Å². The molecule has 1 saturated heterocycles. The van der Waals surface area contributed by atoms with Gasteiger partial charge in [0.15, 0.2) is 5.65 Å². The average molecular weight is 348 g/mol. The first-order valence-corrected chi connectivity index (χ1v) is 9.01. The van der Waals surface area contributed by atoms with Crippen LogP contribution < -0.4 is 0 Å². The van der Waals surface area contributed by atoms with E-state index in [0.29, 0.717) is 24.6 Å². The number of likely N-dealkylation sites (tertiary alicyclic amines) is 1. The minimum Gasteiger partial charge on any atom is -0.393 e. The number of nitrogens with zero attached hydrogens (tertiary/aromatic N) is 4. The number of aromatic nitrogens is 3. The number of aliphatic hydroxyl groups excluding tert-OH is 1. The monoisotopic (exact) mass is 348 g/mol. The Hall–Kier alpha value is -2.73. The Morgan fingerprint density at radius 1 is 1.19 bits per heavy atom. The highest BCUT2D eigenvalue weighted by molar-refractivity contribution is 5.96. The molecule has 6 nitrogen and oxygen atoms in total. The van der Waals surface area contributed by atoms with Crippen LogP contribution in [0.2, 0.25) is 0 Å². The predicted molar refractivity (Wildman–Crippen MR) is 96.6 cm³/mol. The third-order valence-electron chi connectivity index (χ3n) is 5.72. The maximum atomic E-state index is 12.8. The summed E-state index contributed by atoms with van der Waals surface area (Å²) in [5.74, 6) is 0.690. The molecule has 1 aliphatic carbocycles. The Morgan fingerprint density at radius 3 is 2.81 bits per heavy atom. The van der Waals surface area contributed by atoms with Crippen molar-refractivity contribution in [1.29, 1.82) is 0 Å². The molecule has 2 aromatic heterocycles. The number of pyridine rings is 1. The molecule has 3 atom stereocenters. The fraction of sp³-hybridized carbons (Fsp3) is 0.350. The number of carbonyl (C=O) groups excluding carboxylic acids is 1. The number of benzene rings is 1. The van der Waals surface area contributed by atoms with Crippen molar-refractivity contribution in [3.05, 3.63) is 60.0 Å². The zero-order chi connectivity index (χ0) is 17.7. The van der Waals surface area contributed by atoms with E-state index in [0.717, 1.165) is 24.1 Å². The molecule has 6 heteroatoms. The summed E-state index contributed by atoms with van der Waals surface area (Å²) in [6, 6.07) is 12.0. The van der Waals surface area contributed by atoms with Crippen molar-refractivity contribution in [2.45, 2.75) is 19.1 Å².